The minimum Gasteiger partial charge on any atom is -0.480 e. The van der Waals surface area contributed by atoms with Gasteiger partial charge in [-0.25, -0.2) is 4.79 Å². The minimum absolute atomic E-state index is 0.104. The molecule has 0 aromatic carbocycles. The number of aliphatic carboxylic acids is 1. The Hall–Kier alpha value is -1.10. The van der Waals surface area contributed by atoms with E-state index in [4.69, 9.17) is 10.8 Å². The van der Waals surface area contributed by atoms with E-state index in [2.05, 4.69) is 5.32 Å². The van der Waals surface area contributed by atoms with Crippen molar-refractivity contribution < 1.29 is 14.7 Å². The van der Waals surface area contributed by atoms with E-state index in [1.54, 1.807) is 0 Å². The molecule has 2 atom stereocenters. The first-order valence-corrected chi connectivity index (χ1v) is 5.70. The predicted molar refractivity (Wildman–Crippen MR) is 59.7 cm³/mol. The van der Waals surface area contributed by atoms with Gasteiger partial charge in [0.2, 0.25) is 5.91 Å². The molecule has 1 aliphatic carbocycles. The van der Waals surface area contributed by atoms with Gasteiger partial charge in [0.05, 0.1) is 5.92 Å². The van der Waals surface area contributed by atoms with Gasteiger partial charge >= 0.3 is 5.97 Å². The molecule has 5 heteroatoms. The molecule has 0 aromatic rings. The van der Waals surface area contributed by atoms with Gasteiger partial charge in [-0.3, -0.25) is 4.79 Å². The standard InChI is InChI=1S/C11H20N2O3/c1-6(2)8(5-12)10(14)13-9(11(15)16)7-3-4-7/h6-9H,3-5,12H2,1-2H3,(H,13,14)(H,15,16). The summed E-state index contributed by atoms with van der Waals surface area (Å²) < 4.78 is 0. The molecule has 16 heavy (non-hydrogen) atoms. The molecule has 1 rings (SSSR count). The third kappa shape index (κ3) is 3.20. The van der Waals surface area contributed by atoms with Crippen molar-refractivity contribution in [2.75, 3.05) is 6.54 Å². The van der Waals surface area contributed by atoms with Gasteiger partial charge in [0.1, 0.15) is 6.04 Å². The Morgan fingerprint density at radius 3 is 2.31 bits per heavy atom. The van der Waals surface area contributed by atoms with Crippen LogP contribution in [0, 0.1) is 17.8 Å². The van der Waals surface area contributed by atoms with Crippen molar-refractivity contribution in [2.45, 2.75) is 32.7 Å². The molecule has 0 aliphatic heterocycles. The van der Waals surface area contributed by atoms with Crippen molar-refractivity contribution in [1.29, 1.82) is 0 Å². The minimum atomic E-state index is -0.949. The van der Waals surface area contributed by atoms with E-state index in [0.717, 1.165) is 12.8 Å². The molecule has 0 heterocycles. The first-order chi connectivity index (χ1) is 7.47. The summed E-state index contributed by atoms with van der Waals surface area (Å²) in [5.74, 6) is -1.27. The summed E-state index contributed by atoms with van der Waals surface area (Å²) in [6.45, 7) is 4.06. The van der Waals surface area contributed by atoms with Gasteiger partial charge in [-0.05, 0) is 24.7 Å². The molecule has 1 saturated carbocycles. The molecule has 1 aliphatic rings. The fraction of sp³-hybridized carbons (Fsp3) is 0.818. The van der Waals surface area contributed by atoms with Gasteiger partial charge < -0.3 is 16.2 Å². The molecule has 5 nitrogen and oxygen atoms in total. The van der Waals surface area contributed by atoms with Crippen LogP contribution >= 0.6 is 0 Å². The number of hydrogen-bond acceptors (Lipinski definition) is 3. The summed E-state index contributed by atoms with van der Waals surface area (Å²) in [6, 6.07) is -0.736. The first-order valence-electron chi connectivity index (χ1n) is 5.70. The summed E-state index contributed by atoms with van der Waals surface area (Å²) in [7, 11) is 0. The van der Waals surface area contributed by atoms with E-state index in [0.29, 0.717) is 0 Å². The van der Waals surface area contributed by atoms with E-state index < -0.39 is 12.0 Å². The van der Waals surface area contributed by atoms with Gasteiger partial charge in [0.15, 0.2) is 0 Å². The van der Waals surface area contributed by atoms with Crippen LogP contribution in [0.25, 0.3) is 0 Å². The molecular weight excluding hydrogens is 208 g/mol. The van der Waals surface area contributed by atoms with E-state index in [9.17, 15) is 9.59 Å². The highest BCUT2D eigenvalue weighted by molar-refractivity contribution is 5.85. The van der Waals surface area contributed by atoms with Crippen LogP contribution in [0.4, 0.5) is 0 Å². The lowest BCUT2D eigenvalue weighted by molar-refractivity contribution is -0.143. The number of nitrogens with one attached hydrogen (secondary N) is 1. The Balaban J connectivity index is 2.56. The maximum absolute atomic E-state index is 11.8. The maximum atomic E-state index is 11.8. The number of amides is 1. The molecule has 0 aromatic heterocycles. The van der Waals surface area contributed by atoms with Gasteiger partial charge in [-0.1, -0.05) is 13.8 Å². The fourth-order valence-electron chi connectivity index (χ4n) is 1.75. The molecule has 0 spiro atoms. The largest absolute Gasteiger partial charge is 0.480 e. The molecule has 1 fully saturated rings. The van der Waals surface area contributed by atoms with Crippen LogP contribution in [-0.4, -0.2) is 29.6 Å². The lowest BCUT2D eigenvalue weighted by Crippen LogP contribution is -2.47. The fourth-order valence-corrected chi connectivity index (χ4v) is 1.75. The Bertz CT molecular complexity index is 274. The Labute approximate surface area is 95.4 Å². The summed E-state index contributed by atoms with van der Waals surface area (Å²) in [5, 5.41) is 11.6. The molecule has 4 N–H and O–H groups in total. The molecule has 0 radical (unpaired) electrons. The Morgan fingerprint density at radius 1 is 1.44 bits per heavy atom. The Kier molecular flexibility index (Phi) is 4.29. The lowest BCUT2D eigenvalue weighted by atomic mass is 9.94. The van der Waals surface area contributed by atoms with Gasteiger partial charge in [0.25, 0.3) is 0 Å². The second kappa shape index (κ2) is 5.30. The zero-order valence-electron chi connectivity index (χ0n) is 9.77. The molecule has 0 saturated heterocycles. The van der Waals surface area contributed by atoms with Crippen molar-refractivity contribution >= 4 is 11.9 Å². The zero-order valence-corrected chi connectivity index (χ0v) is 9.77. The lowest BCUT2D eigenvalue weighted by Gasteiger charge is -2.21. The number of nitrogens with two attached hydrogens (primary N) is 1. The van der Waals surface area contributed by atoms with E-state index in [1.807, 2.05) is 13.8 Å². The number of carboxylic acid groups (broad SMARTS) is 1. The monoisotopic (exact) mass is 228 g/mol. The summed E-state index contributed by atoms with van der Waals surface area (Å²) in [6.07, 6.45) is 1.76. The average molecular weight is 228 g/mol. The predicted octanol–water partition coefficient (Wildman–Crippen LogP) is 0.197. The van der Waals surface area contributed by atoms with Crippen LogP contribution in [0.3, 0.4) is 0 Å². The maximum Gasteiger partial charge on any atom is 0.326 e. The summed E-state index contributed by atoms with van der Waals surface area (Å²) >= 11 is 0. The van der Waals surface area contributed by atoms with Crippen LogP contribution in [0.5, 0.6) is 0 Å². The van der Waals surface area contributed by atoms with Crippen molar-refractivity contribution in [3.05, 3.63) is 0 Å². The number of hydrogen-bond donors (Lipinski definition) is 3. The van der Waals surface area contributed by atoms with Crippen molar-refractivity contribution in [3.63, 3.8) is 0 Å². The topological polar surface area (TPSA) is 92.4 Å². The first kappa shape index (κ1) is 13.0. The van der Waals surface area contributed by atoms with Crippen molar-refractivity contribution in [1.82, 2.24) is 5.32 Å². The molecule has 2 unspecified atom stereocenters. The van der Waals surface area contributed by atoms with E-state index >= 15 is 0 Å². The normalized spacial score (nSPS) is 19.2. The second-order valence-electron chi connectivity index (χ2n) is 4.75. The quantitative estimate of drug-likeness (QED) is 0.605. The van der Waals surface area contributed by atoms with Gasteiger partial charge in [0, 0.05) is 6.54 Å². The smallest absolute Gasteiger partial charge is 0.326 e. The van der Waals surface area contributed by atoms with Crippen LogP contribution < -0.4 is 11.1 Å². The summed E-state index contributed by atoms with van der Waals surface area (Å²) in [4.78, 5) is 22.8. The molecule has 92 valence electrons. The zero-order chi connectivity index (χ0) is 12.3. The van der Waals surface area contributed by atoms with Crippen LogP contribution in [-0.2, 0) is 9.59 Å². The SMILES string of the molecule is CC(C)C(CN)C(=O)NC(C(=O)O)C1CC1. The number of rotatable bonds is 6. The Morgan fingerprint density at radius 2 is 2.00 bits per heavy atom. The molecule has 0 bridgehead atoms. The van der Waals surface area contributed by atoms with Crippen LogP contribution in [0.15, 0.2) is 0 Å². The van der Waals surface area contributed by atoms with E-state index in [1.165, 1.54) is 0 Å². The van der Waals surface area contributed by atoms with Crippen molar-refractivity contribution in [2.24, 2.45) is 23.5 Å². The highest BCUT2D eigenvalue weighted by Crippen LogP contribution is 2.33. The van der Waals surface area contributed by atoms with Gasteiger partial charge in [-0.15, -0.1) is 0 Å². The van der Waals surface area contributed by atoms with E-state index in [-0.39, 0.29) is 30.2 Å². The third-order valence-corrected chi connectivity index (χ3v) is 3.05. The second-order valence-corrected chi connectivity index (χ2v) is 4.75. The highest BCUT2D eigenvalue weighted by Gasteiger charge is 2.38. The number of carbonyl (C=O) groups is 2. The van der Waals surface area contributed by atoms with Crippen molar-refractivity contribution in [3.8, 4) is 0 Å². The number of carbonyl (C=O) groups excluding carboxylic acids is 1. The average Bonchev–Trinajstić information content (AvgIpc) is 2.97. The molecular formula is C11H20N2O3. The highest BCUT2D eigenvalue weighted by atomic mass is 16.4. The molecule has 1 amide bonds. The van der Waals surface area contributed by atoms with Gasteiger partial charge in [-0.2, -0.15) is 0 Å². The summed E-state index contributed by atoms with van der Waals surface area (Å²) in [5.41, 5.74) is 5.51. The third-order valence-electron chi connectivity index (χ3n) is 3.05. The van der Waals surface area contributed by atoms with Crippen LogP contribution in [0.1, 0.15) is 26.7 Å². The van der Waals surface area contributed by atoms with Crippen LogP contribution in [0.2, 0.25) is 0 Å². The number of carboxylic acids is 1.